The topological polar surface area (TPSA) is 51.9 Å². The number of fused-ring (bicyclic) bond motifs is 2. The van der Waals surface area contributed by atoms with Crippen LogP contribution in [0.2, 0.25) is 0 Å². The Bertz CT molecular complexity index is 940. The molecule has 0 radical (unpaired) electrons. The number of nitrogens with zero attached hydrogens (tertiary/aromatic N) is 1. The highest BCUT2D eigenvalue weighted by Crippen LogP contribution is 2.34. The van der Waals surface area contributed by atoms with Gasteiger partial charge in [-0.05, 0) is 43.2 Å². The van der Waals surface area contributed by atoms with E-state index in [1.807, 2.05) is 47.4 Å². The zero-order valence-electron chi connectivity index (χ0n) is 14.3. The summed E-state index contributed by atoms with van der Waals surface area (Å²) >= 11 is 0. The molecule has 2 heterocycles. The first-order valence-electron chi connectivity index (χ1n) is 8.96. The fraction of sp³-hybridized carbons (Fsp3) is 0.286. The number of ether oxygens (including phenoxy) is 2. The summed E-state index contributed by atoms with van der Waals surface area (Å²) in [4.78, 5) is 15.0. The van der Waals surface area contributed by atoms with Gasteiger partial charge in [0.25, 0.3) is 5.91 Å². The second-order valence-corrected chi connectivity index (χ2v) is 6.77. The van der Waals surface area contributed by atoms with Crippen molar-refractivity contribution >= 4 is 16.9 Å². The first-order valence-corrected chi connectivity index (χ1v) is 8.96. The second kappa shape index (κ2) is 6.09. The summed E-state index contributed by atoms with van der Waals surface area (Å²) in [5, 5.41) is 1.06. The molecule has 0 atom stereocenters. The third-order valence-electron chi connectivity index (χ3n) is 4.84. The Hall–Kier alpha value is -2.95. The lowest BCUT2D eigenvalue weighted by Gasteiger charge is -2.23. The number of furan rings is 1. The first-order chi connectivity index (χ1) is 12.8. The Morgan fingerprint density at radius 2 is 1.81 bits per heavy atom. The summed E-state index contributed by atoms with van der Waals surface area (Å²) in [5.74, 6) is 2.15. The standard InChI is InChI=1S/C21H19NO4/c23-21(15-5-8-19-20(12-15)25-10-9-24-19)22(16-6-7-16)13-17-11-14-3-1-2-4-18(14)26-17/h1-5,8,11-12,16H,6-7,9-10,13H2. The van der Waals surface area contributed by atoms with Crippen LogP contribution in [0.25, 0.3) is 11.0 Å². The van der Waals surface area contributed by atoms with Crippen molar-refractivity contribution in [2.75, 3.05) is 13.2 Å². The summed E-state index contributed by atoms with van der Waals surface area (Å²) in [7, 11) is 0. The lowest BCUT2D eigenvalue weighted by molar-refractivity contribution is 0.0717. The van der Waals surface area contributed by atoms with E-state index in [0.29, 0.717) is 36.8 Å². The lowest BCUT2D eigenvalue weighted by atomic mass is 10.1. The number of carbonyl (C=O) groups is 1. The maximum Gasteiger partial charge on any atom is 0.254 e. The summed E-state index contributed by atoms with van der Waals surface area (Å²) in [6, 6.07) is 15.6. The van der Waals surface area contributed by atoms with Crippen molar-refractivity contribution in [3.63, 3.8) is 0 Å². The van der Waals surface area contributed by atoms with Gasteiger partial charge in [-0.1, -0.05) is 18.2 Å². The number of hydrogen-bond donors (Lipinski definition) is 0. The molecule has 1 saturated carbocycles. The van der Waals surface area contributed by atoms with Crippen LogP contribution in [0.4, 0.5) is 0 Å². The van der Waals surface area contributed by atoms with Crippen molar-refractivity contribution in [3.8, 4) is 11.5 Å². The molecule has 132 valence electrons. The van der Waals surface area contributed by atoms with E-state index in [1.165, 1.54) is 0 Å². The predicted octanol–water partition coefficient (Wildman–Crippen LogP) is 4.01. The fourth-order valence-electron chi connectivity index (χ4n) is 3.38. The van der Waals surface area contributed by atoms with E-state index in [4.69, 9.17) is 13.9 Å². The highest BCUT2D eigenvalue weighted by Gasteiger charge is 2.34. The molecule has 1 aromatic heterocycles. The quantitative estimate of drug-likeness (QED) is 0.714. The van der Waals surface area contributed by atoms with Gasteiger partial charge < -0.3 is 18.8 Å². The van der Waals surface area contributed by atoms with E-state index in [1.54, 1.807) is 6.07 Å². The van der Waals surface area contributed by atoms with Gasteiger partial charge in [-0.15, -0.1) is 0 Å². The summed E-state index contributed by atoms with van der Waals surface area (Å²) in [5.41, 5.74) is 1.47. The number of benzene rings is 2. The minimum atomic E-state index is 0.00456. The molecule has 5 rings (SSSR count). The van der Waals surface area contributed by atoms with Crippen LogP contribution in [0.15, 0.2) is 52.9 Å². The number of para-hydroxylation sites is 1. The SMILES string of the molecule is O=C(c1ccc2c(c1)OCCO2)N(Cc1cc2ccccc2o1)C1CC1. The molecule has 0 N–H and O–H groups in total. The first kappa shape index (κ1) is 15.3. The normalized spacial score (nSPS) is 15.8. The van der Waals surface area contributed by atoms with E-state index < -0.39 is 0 Å². The lowest BCUT2D eigenvalue weighted by Crippen LogP contribution is -2.32. The average Bonchev–Trinajstić information content (AvgIpc) is 3.44. The Morgan fingerprint density at radius 1 is 1.00 bits per heavy atom. The maximum absolute atomic E-state index is 13.1. The van der Waals surface area contributed by atoms with Gasteiger partial charge in [-0.25, -0.2) is 0 Å². The van der Waals surface area contributed by atoms with Crippen LogP contribution in [0.5, 0.6) is 11.5 Å². The van der Waals surface area contributed by atoms with Gasteiger partial charge in [-0.2, -0.15) is 0 Å². The van der Waals surface area contributed by atoms with Crippen molar-refractivity contribution in [3.05, 3.63) is 59.9 Å². The van der Waals surface area contributed by atoms with E-state index in [-0.39, 0.29) is 11.9 Å². The Labute approximate surface area is 151 Å². The summed E-state index contributed by atoms with van der Waals surface area (Å²) in [6.07, 6.45) is 2.08. The molecule has 5 heteroatoms. The molecule has 1 aliphatic carbocycles. The van der Waals surface area contributed by atoms with E-state index in [2.05, 4.69) is 0 Å². The molecule has 1 amide bonds. The van der Waals surface area contributed by atoms with Crippen LogP contribution >= 0.6 is 0 Å². The van der Waals surface area contributed by atoms with Crippen molar-refractivity contribution in [2.45, 2.75) is 25.4 Å². The number of carbonyl (C=O) groups excluding carboxylic acids is 1. The molecule has 0 unspecified atom stereocenters. The van der Waals surface area contributed by atoms with E-state index in [9.17, 15) is 4.79 Å². The molecule has 1 fully saturated rings. The van der Waals surface area contributed by atoms with Gasteiger partial charge >= 0.3 is 0 Å². The van der Waals surface area contributed by atoms with Crippen LogP contribution in [0.3, 0.4) is 0 Å². The largest absolute Gasteiger partial charge is 0.486 e. The number of hydrogen-bond acceptors (Lipinski definition) is 4. The van der Waals surface area contributed by atoms with E-state index >= 15 is 0 Å². The highest BCUT2D eigenvalue weighted by atomic mass is 16.6. The van der Waals surface area contributed by atoms with Gasteiger partial charge in [0.1, 0.15) is 24.6 Å². The molecule has 0 spiro atoms. The molecular formula is C21H19NO4. The average molecular weight is 349 g/mol. The van der Waals surface area contributed by atoms with Crippen LogP contribution in [0.1, 0.15) is 29.0 Å². The molecule has 0 bridgehead atoms. The highest BCUT2D eigenvalue weighted by molar-refractivity contribution is 5.95. The van der Waals surface area contributed by atoms with Gasteiger partial charge in [0, 0.05) is 17.0 Å². The number of amides is 1. The smallest absolute Gasteiger partial charge is 0.254 e. The second-order valence-electron chi connectivity index (χ2n) is 6.77. The summed E-state index contributed by atoms with van der Waals surface area (Å²) < 4.78 is 17.1. The van der Waals surface area contributed by atoms with Crippen LogP contribution in [-0.2, 0) is 6.54 Å². The molecular weight excluding hydrogens is 330 g/mol. The van der Waals surface area contributed by atoms with Gasteiger partial charge in [0.2, 0.25) is 0 Å². The zero-order valence-corrected chi connectivity index (χ0v) is 14.3. The zero-order chi connectivity index (χ0) is 17.5. The van der Waals surface area contributed by atoms with Crippen molar-refractivity contribution < 1.29 is 18.7 Å². The number of rotatable bonds is 4. The monoisotopic (exact) mass is 349 g/mol. The summed E-state index contributed by atoms with van der Waals surface area (Å²) in [6.45, 7) is 1.53. The Kier molecular flexibility index (Phi) is 3.59. The maximum atomic E-state index is 13.1. The third kappa shape index (κ3) is 2.79. The van der Waals surface area contributed by atoms with Gasteiger partial charge in [0.05, 0.1) is 6.54 Å². The minimum absolute atomic E-state index is 0.00456. The molecule has 5 nitrogen and oxygen atoms in total. The Morgan fingerprint density at radius 3 is 2.62 bits per heavy atom. The fourth-order valence-corrected chi connectivity index (χ4v) is 3.38. The van der Waals surface area contributed by atoms with Gasteiger partial charge in [0.15, 0.2) is 11.5 Å². The Balaban J connectivity index is 1.42. The van der Waals surface area contributed by atoms with Gasteiger partial charge in [-0.3, -0.25) is 4.79 Å². The molecule has 0 saturated heterocycles. The van der Waals surface area contributed by atoms with E-state index in [0.717, 1.165) is 29.6 Å². The minimum Gasteiger partial charge on any atom is -0.486 e. The van der Waals surface area contributed by atoms with Crippen LogP contribution < -0.4 is 9.47 Å². The van der Waals surface area contributed by atoms with Crippen molar-refractivity contribution in [2.24, 2.45) is 0 Å². The van der Waals surface area contributed by atoms with Crippen molar-refractivity contribution in [1.82, 2.24) is 4.90 Å². The van der Waals surface area contributed by atoms with Crippen LogP contribution in [-0.4, -0.2) is 30.1 Å². The molecule has 1 aliphatic heterocycles. The third-order valence-corrected chi connectivity index (χ3v) is 4.84. The molecule has 26 heavy (non-hydrogen) atoms. The molecule has 2 aromatic carbocycles. The molecule has 2 aliphatic rings. The van der Waals surface area contributed by atoms with Crippen molar-refractivity contribution in [1.29, 1.82) is 0 Å². The van der Waals surface area contributed by atoms with Crippen LogP contribution in [0, 0.1) is 0 Å². The predicted molar refractivity (Wildman–Crippen MR) is 96.5 cm³/mol. The molecule has 3 aromatic rings.